The number of carbonyl (C=O) groups is 2. The summed E-state index contributed by atoms with van der Waals surface area (Å²) < 4.78 is 16.4. The molecule has 3 heterocycles. The van der Waals surface area contributed by atoms with Gasteiger partial charge in [-0.05, 0) is 11.6 Å². The van der Waals surface area contributed by atoms with Gasteiger partial charge in [-0.15, -0.1) is 0 Å². The monoisotopic (exact) mass is 286 g/mol. The molecule has 2 saturated heterocycles. The van der Waals surface area contributed by atoms with E-state index in [9.17, 15) is 9.59 Å². The van der Waals surface area contributed by atoms with Crippen LogP contribution in [0.5, 0.6) is 0 Å². The van der Waals surface area contributed by atoms with Crippen LogP contribution in [0.1, 0.15) is 11.7 Å². The number of fused-ring (bicyclic) bond motifs is 1. The van der Waals surface area contributed by atoms with E-state index in [0.717, 1.165) is 5.56 Å². The Kier molecular flexibility index (Phi) is 2.50. The second kappa shape index (κ2) is 4.18. The van der Waals surface area contributed by atoms with Crippen molar-refractivity contribution >= 4 is 11.9 Å². The van der Waals surface area contributed by atoms with Crippen LogP contribution in [0.2, 0.25) is 0 Å². The van der Waals surface area contributed by atoms with Gasteiger partial charge in [0, 0.05) is 0 Å². The van der Waals surface area contributed by atoms with E-state index in [2.05, 4.69) is 0 Å². The highest BCUT2D eigenvalue weighted by atomic mass is 16.6. The Morgan fingerprint density at radius 2 is 2.05 bits per heavy atom. The molecule has 3 aliphatic rings. The maximum atomic E-state index is 12.3. The highest BCUT2D eigenvalue weighted by molar-refractivity contribution is 5.88. The highest BCUT2D eigenvalue weighted by Crippen LogP contribution is 2.58. The molecule has 0 N–H and O–H groups in total. The average molecular weight is 286 g/mol. The third kappa shape index (κ3) is 1.49. The van der Waals surface area contributed by atoms with E-state index >= 15 is 0 Å². The van der Waals surface area contributed by atoms with Crippen molar-refractivity contribution in [3.05, 3.63) is 48.0 Å². The van der Waals surface area contributed by atoms with Gasteiger partial charge < -0.3 is 14.2 Å². The molecule has 5 heteroatoms. The third-order valence-corrected chi connectivity index (χ3v) is 4.56. The third-order valence-electron chi connectivity index (χ3n) is 4.56. The smallest absolute Gasteiger partial charge is 0.314 e. The summed E-state index contributed by atoms with van der Waals surface area (Å²) in [5.41, 5.74) is -0.0220. The van der Waals surface area contributed by atoms with Crippen LogP contribution in [-0.4, -0.2) is 30.8 Å². The summed E-state index contributed by atoms with van der Waals surface area (Å²) in [6.07, 6.45) is 2.76. The number of methoxy groups -OCH3 is 1. The van der Waals surface area contributed by atoms with Crippen LogP contribution in [0, 0.1) is 11.8 Å². The summed E-state index contributed by atoms with van der Waals surface area (Å²) in [5, 5.41) is 0. The average Bonchev–Trinajstić information content (AvgIpc) is 3.16. The normalized spacial score (nSPS) is 39.2. The van der Waals surface area contributed by atoms with Gasteiger partial charge in [0.1, 0.15) is 17.4 Å². The quantitative estimate of drug-likeness (QED) is 0.607. The van der Waals surface area contributed by atoms with E-state index in [1.54, 1.807) is 0 Å². The fourth-order valence-corrected chi connectivity index (χ4v) is 3.69. The predicted octanol–water partition coefficient (Wildman–Crippen LogP) is 1.40. The number of rotatable bonds is 2. The molecule has 3 aliphatic heterocycles. The summed E-state index contributed by atoms with van der Waals surface area (Å²) in [6, 6.07) is 9.46. The lowest BCUT2D eigenvalue weighted by atomic mass is 9.73. The maximum absolute atomic E-state index is 12.3. The summed E-state index contributed by atoms with van der Waals surface area (Å²) >= 11 is 0. The molecule has 5 atom stereocenters. The molecule has 1 aromatic rings. The second-order valence-corrected chi connectivity index (χ2v) is 5.55. The lowest BCUT2D eigenvalue weighted by molar-refractivity contribution is -0.156. The number of cyclic esters (lactones) is 1. The van der Waals surface area contributed by atoms with E-state index in [1.807, 2.05) is 42.5 Å². The molecular weight excluding hydrogens is 272 g/mol. The lowest BCUT2D eigenvalue weighted by Gasteiger charge is -2.27. The van der Waals surface area contributed by atoms with Gasteiger partial charge in [0.2, 0.25) is 0 Å². The summed E-state index contributed by atoms with van der Waals surface area (Å²) in [7, 11) is 1.32. The Morgan fingerprint density at radius 1 is 1.29 bits per heavy atom. The van der Waals surface area contributed by atoms with E-state index in [-0.39, 0.29) is 0 Å². The Bertz CT molecular complexity index is 637. The Hall–Kier alpha value is -2.14. The van der Waals surface area contributed by atoms with Crippen molar-refractivity contribution in [3.63, 3.8) is 0 Å². The van der Waals surface area contributed by atoms with Crippen molar-refractivity contribution in [3.8, 4) is 0 Å². The molecule has 1 aromatic carbocycles. The van der Waals surface area contributed by atoms with E-state index in [0.29, 0.717) is 0 Å². The van der Waals surface area contributed by atoms with Gasteiger partial charge in [0.05, 0.1) is 13.2 Å². The van der Waals surface area contributed by atoms with Gasteiger partial charge in [0.15, 0.2) is 6.10 Å². The SMILES string of the molecule is COC(=O)[C@@H]1[C@@H]2C=C[C@]3(O2)[C@H](c2ccccc2)OC(=O)[C@@H]13. The molecule has 108 valence electrons. The molecule has 21 heavy (non-hydrogen) atoms. The Balaban J connectivity index is 1.79. The second-order valence-electron chi connectivity index (χ2n) is 5.55. The first-order valence-electron chi connectivity index (χ1n) is 6.88. The summed E-state index contributed by atoms with van der Waals surface area (Å²) in [4.78, 5) is 24.3. The standard InChI is InChI=1S/C16H14O5/c1-19-14(17)11-10-7-8-16(21-10)12(11)15(18)20-13(16)9-5-3-2-4-6-9/h2-8,10-13H,1H3/t10-,11+,12+,13-,16+/m0/s1. The molecule has 0 aliphatic carbocycles. The topological polar surface area (TPSA) is 61.8 Å². The van der Waals surface area contributed by atoms with Crippen LogP contribution < -0.4 is 0 Å². The Labute approximate surface area is 121 Å². The maximum Gasteiger partial charge on any atom is 0.314 e. The van der Waals surface area contributed by atoms with Crippen LogP contribution in [0.4, 0.5) is 0 Å². The van der Waals surface area contributed by atoms with Crippen molar-refractivity contribution in [2.45, 2.75) is 17.8 Å². The number of esters is 2. The number of carbonyl (C=O) groups excluding carboxylic acids is 2. The first-order valence-corrected chi connectivity index (χ1v) is 6.88. The van der Waals surface area contributed by atoms with Crippen molar-refractivity contribution in [2.75, 3.05) is 7.11 Å². The Morgan fingerprint density at radius 3 is 2.76 bits per heavy atom. The number of ether oxygens (including phenoxy) is 3. The van der Waals surface area contributed by atoms with Gasteiger partial charge >= 0.3 is 11.9 Å². The van der Waals surface area contributed by atoms with Gasteiger partial charge in [-0.2, -0.15) is 0 Å². The molecule has 0 amide bonds. The summed E-state index contributed by atoms with van der Waals surface area (Å²) in [6.45, 7) is 0. The first-order chi connectivity index (χ1) is 10.2. The van der Waals surface area contributed by atoms with E-state index < -0.39 is 41.6 Å². The molecule has 0 radical (unpaired) electrons. The van der Waals surface area contributed by atoms with E-state index in [4.69, 9.17) is 14.2 Å². The van der Waals surface area contributed by atoms with Gasteiger partial charge in [0.25, 0.3) is 0 Å². The molecule has 0 saturated carbocycles. The molecular formula is C16H14O5. The largest absolute Gasteiger partial charge is 0.469 e. The predicted molar refractivity (Wildman–Crippen MR) is 71.0 cm³/mol. The minimum absolute atomic E-state index is 0.397. The van der Waals surface area contributed by atoms with Crippen molar-refractivity contribution in [2.24, 2.45) is 11.8 Å². The van der Waals surface area contributed by atoms with Crippen LogP contribution in [0.3, 0.4) is 0 Å². The molecule has 2 fully saturated rings. The molecule has 5 nitrogen and oxygen atoms in total. The van der Waals surface area contributed by atoms with Gasteiger partial charge in [-0.1, -0.05) is 36.4 Å². The molecule has 4 rings (SSSR count). The number of hydrogen-bond acceptors (Lipinski definition) is 5. The first kappa shape index (κ1) is 12.6. The molecule has 2 bridgehead atoms. The molecule has 0 unspecified atom stereocenters. The van der Waals surface area contributed by atoms with Gasteiger partial charge in [-0.25, -0.2) is 0 Å². The highest BCUT2D eigenvalue weighted by Gasteiger charge is 2.71. The number of hydrogen-bond donors (Lipinski definition) is 0. The minimum atomic E-state index is -0.887. The van der Waals surface area contributed by atoms with Crippen molar-refractivity contribution in [1.29, 1.82) is 0 Å². The minimum Gasteiger partial charge on any atom is -0.469 e. The van der Waals surface area contributed by atoms with Gasteiger partial charge in [-0.3, -0.25) is 9.59 Å². The fraction of sp³-hybridized carbons (Fsp3) is 0.375. The number of benzene rings is 1. The zero-order chi connectivity index (χ0) is 14.6. The van der Waals surface area contributed by atoms with E-state index in [1.165, 1.54) is 7.11 Å². The van der Waals surface area contributed by atoms with Crippen LogP contribution >= 0.6 is 0 Å². The molecule has 1 spiro atoms. The van der Waals surface area contributed by atoms with Crippen molar-refractivity contribution in [1.82, 2.24) is 0 Å². The molecule has 0 aromatic heterocycles. The van der Waals surface area contributed by atoms with Crippen LogP contribution in [-0.2, 0) is 23.8 Å². The fourth-order valence-electron chi connectivity index (χ4n) is 3.69. The van der Waals surface area contributed by atoms with Crippen LogP contribution in [0.25, 0.3) is 0 Å². The lowest BCUT2D eigenvalue weighted by Crippen LogP contribution is -2.40. The van der Waals surface area contributed by atoms with Crippen LogP contribution in [0.15, 0.2) is 42.5 Å². The zero-order valence-electron chi connectivity index (χ0n) is 11.4. The zero-order valence-corrected chi connectivity index (χ0v) is 11.4. The summed E-state index contributed by atoms with van der Waals surface area (Å²) in [5.74, 6) is -2.08. The van der Waals surface area contributed by atoms with Crippen molar-refractivity contribution < 1.29 is 23.8 Å².